The Bertz CT molecular complexity index is 340. The highest BCUT2D eigenvalue weighted by Crippen LogP contribution is 2.16. The molecule has 0 aromatic heterocycles. The van der Waals surface area contributed by atoms with Crippen LogP contribution in [-0.2, 0) is 6.54 Å². The van der Waals surface area contributed by atoms with Crippen molar-refractivity contribution in [2.75, 3.05) is 0 Å². The van der Waals surface area contributed by atoms with Crippen molar-refractivity contribution in [3.63, 3.8) is 0 Å². The molecule has 0 spiro atoms. The molecule has 1 rings (SSSR count). The van der Waals surface area contributed by atoms with Gasteiger partial charge in [-0.2, -0.15) is 0 Å². The largest absolute Gasteiger partial charge is 0.370 e. The molecular weight excluding hydrogens is 174 g/mol. The third-order valence-electron chi connectivity index (χ3n) is 2.26. The van der Waals surface area contributed by atoms with E-state index < -0.39 is 0 Å². The van der Waals surface area contributed by atoms with Crippen LogP contribution in [0.25, 0.3) is 0 Å². The molecule has 0 amide bonds. The molecule has 0 fully saturated rings. The monoisotopic (exact) mass is 191 g/mol. The van der Waals surface area contributed by atoms with Gasteiger partial charge in [-0.1, -0.05) is 17.7 Å². The Morgan fingerprint density at radius 2 is 1.64 bits per heavy atom. The number of rotatable bonds is 2. The second kappa shape index (κ2) is 4.13. The van der Waals surface area contributed by atoms with Crippen molar-refractivity contribution in [3.8, 4) is 0 Å². The van der Waals surface area contributed by atoms with E-state index in [-0.39, 0.29) is 5.96 Å². The normalized spacial score (nSPS) is 9.93. The number of guanidine groups is 1. The maximum absolute atomic E-state index is 5.30. The zero-order valence-corrected chi connectivity index (χ0v) is 8.96. The molecule has 0 radical (unpaired) electrons. The van der Waals surface area contributed by atoms with Gasteiger partial charge in [0.2, 0.25) is 0 Å². The van der Waals surface area contributed by atoms with Crippen molar-refractivity contribution < 1.29 is 0 Å². The maximum Gasteiger partial charge on any atom is 0.186 e. The highest BCUT2D eigenvalue weighted by molar-refractivity contribution is 5.75. The summed E-state index contributed by atoms with van der Waals surface area (Å²) in [6.45, 7) is 6.82. The molecule has 3 nitrogen and oxygen atoms in total. The van der Waals surface area contributed by atoms with Gasteiger partial charge in [-0.15, -0.1) is 0 Å². The first kappa shape index (κ1) is 10.6. The average Bonchev–Trinajstić information content (AvgIpc) is 2.01. The van der Waals surface area contributed by atoms with Crippen LogP contribution in [0, 0.1) is 20.8 Å². The summed E-state index contributed by atoms with van der Waals surface area (Å²) >= 11 is 0. The smallest absolute Gasteiger partial charge is 0.186 e. The molecule has 0 saturated carbocycles. The van der Waals surface area contributed by atoms with Crippen LogP contribution < -0.4 is 11.5 Å². The minimum Gasteiger partial charge on any atom is -0.370 e. The van der Waals surface area contributed by atoms with Crippen LogP contribution in [0.1, 0.15) is 22.3 Å². The second-order valence-electron chi connectivity index (χ2n) is 3.62. The number of benzene rings is 1. The molecule has 1 aromatic rings. The van der Waals surface area contributed by atoms with Crippen LogP contribution in [0.15, 0.2) is 17.1 Å². The third kappa shape index (κ3) is 2.49. The molecule has 0 aliphatic heterocycles. The average molecular weight is 191 g/mol. The van der Waals surface area contributed by atoms with Gasteiger partial charge < -0.3 is 11.5 Å². The number of nitrogens with two attached hydrogens (primary N) is 2. The van der Waals surface area contributed by atoms with Crippen molar-refractivity contribution >= 4 is 5.96 Å². The van der Waals surface area contributed by atoms with E-state index in [1.54, 1.807) is 0 Å². The Hall–Kier alpha value is -1.51. The lowest BCUT2D eigenvalue weighted by Gasteiger charge is -2.08. The molecule has 0 saturated heterocycles. The van der Waals surface area contributed by atoms with Crippen molar-refractivity contribution in [2.24, 2.45) is 16.5 Å². The lowest BCUT2D eigenvalue weighted by Crippen LogP contribution is -2.22. The SMILES string of the molecule is Cc1cc(C)c(CN=C(N)N)c(C)c1. The minimum atomic E-state index is 0.143. The molecular formula is C11H17N3. The standard InChI is InChI=1S/C11H17N3/c1-7-4-8(2)10(9(3)5-7)6-14-11(12)13/h4-5H,6H2,1-3H3,(H4,12,13,14). The summed E-state index contributed by atoms with van der Waals surface area (Å²) in [5.41, 5.74) is 15.6. The first-order chi connectivity index (χ1) is 6.50. The Morgan fingerprint density at radius 1 is 1.14 bits per heavy atom. The van der Waals surface area contributed by atoms with Gasteiger partial charge in [0.1, 0.15) is 0 Å². The van der Waals surface area contributed by atoms with E-state index in [1.807, 2.05) is 0 Å². The Balaban J connectivity index is 3.03. The van der Waals surface area contributed by atoms with Gasteiger partial charge in [-0.3, -0.25) is 0 Å². The Kier molecular flexibility index (Phi) is 3.12. The molecule has 0 unspecified atom stereocenters. The molecule has 0 heterocycles. The fraction of sp³-hybridized carbons (Fsp3) is 0.364. The lowest BCUT2D eigenvalue weighted by atomic mass is 10.00. The fourth-order valence-corrected chi connectivity index (χ4v) is 1.63. The number of aliphatic imine (C=N–C) groups is 1. The predicted octanol–water partition coefficient (Wildman–Crippen LogP) is 1.39. The molecule has 3 heteroatoms. The molecule has 0 bridgehead atoms. The number of aryl methyl sites for hydroxylation is 3. The van der Waals surface area contributed by atoms with Gasteiger partial charge in [0, 0.05) is 0 Å². The summed E-state index contributed by atoms with van der Waals surface area (Å²) in [5, 5.41) is 0. The molecule has 76 valence electrons. The van der Waals surface area contributed by atoms with E-state index in [4.69, 9.17) is 11.5 Å². The maximum atomic E-state index is 5.30. The van der Waals surface area contributed by atoms with Crippen molar-refractivity contribution in [1.29, 1.82) is 0 Å². The van der Waals surface area contributed by atoms with Gasteiger partial charge in [-0.25, -0.2) is 4.99 Å². The van der Waals surface area contributed by atoms with E-state index in [2.05, 4.69) is 37.9 Å². The van der Waals surface area contributed by atoms with Crippen LogP contribution in [0.3, 0.4) is 0 Å². The van der Waals surface area contributed by atoms with Crippen LogP contribution in [-0.4, -0.2) is 5.96 Å². The van der Waals surface area contributed by atoms with Gasteiger partial charge in [0.05, 0.1) is 6.54 Å². The molecule has 14 heavy (non-hydrogen) atoms. The van der Waals surface area contributed by atoms with E-state index in [0.717, 1.165) is 0 Å². The highest BCUT2D eigenvalue weighted by atomic mass is 15.0. The van der Waals surface area contributed by atoms with Crippen LogP contribution in [0.4, 0.5) is 0 Å². The number of nitrogens with zero attached hydrogens (tertiary/aromatic N) is 1. The molecule has 0 aliphatic carbocycles. The van der Waals surface area contributed by atoms with E-state index in [1.165, 1.54) is 22.3 Å². The first-order valence-corrected chi connectivity index (χ1v) is 4.63. The quantitative estimate of drug-likeness (QED) is 0.548. The van der Waals surface area contributed by atoms with Crippen molar-refractivity contribution in [3.05, 3.63) is 34.4 Å². The number of hydrogen-bond acceptors (Lipinski definition) is 1. The van der Waals surface area contributed by atoms with Crippen molar-refractivity contribution in [2.45, 2.75) is 27.3 Å². The van der Waals surface area contributed by atoms with Crippen LogP contribution >= 0.6 is 0 Å². The summed E-state index contributed by atoms with van der Waals surface area (Å²) in [6, 6.07) is 4.29. The topological polar surface area (TPSA) is 64.4 Å². The molecule has 1 aromatic carbocycles. The second-order valence-corrected chi connectivity index (χ2v) is 3.62. The minimum absolute atomic E-state index is 0.143. The molecule has 0 aliphatic rings. The predicted molar refractivity (Wildman–Crippen MR) is 60.2 cm³/mol. The summed E-state index contributed by atoms with van der Waals surface area (Å²) in [4.78, 5) is 4.02. The Morgan fingerprint density at radius 3 is 2.07 bits per heavy atom. The van der Waals surface area contributed by atoms with Crippen molar-refractivity contribution in [1.82, 2.24) is 0 Å². The number of hydrogen-bond donors (Lipinski definition) is 2. The Labute approximate surface area is 84.8 Å². The molecule has 0 atom stereocenters. The van der Waals surface area contributed by atoms with Gasteiger partial charge in [-0.05, 0) is 37.5 Å². The summed E-state index contributed by atoms with van der Waals surface area (Å²) < 4.78 is 0. The van der Waals surface area contributed by atoms with E-state index in [0.29, 0.717) is 6.54 Å². The van der Waals surface area contributed by atoms with E-state index >= 15 is 0 Å². The fourth-order valence-electron chi connectivity index (χ4n) is 1.63. The lowest BCUT2D eigenvalue weighted by molar-refractivity contribution is 1.01. The van der Waals surface area contributed by atoms with Gasteiger partial charge in [0.15, 0.2) is 5.96 Å². The third-order valence-corrected chi connectivity index (χ3v) is 2.26. The van der Waals surface area contributed by atoms with Gasteiger partial charge >= 0.3 is 0 Å². The van der Waals surface area contributed by atoms with Crippen LogP contribution in [0.5, 0.6) is 0 Å². The first-order valence-electron chi connectivity index (χ1n) is 4.63. The highest BCUT2D eigenvalue weighted by Gasteiger charge is 2.02. The summed E-state index contributed by atoms with van der Waals surface area (Å²) in [7, 11) is 0. The zero-order valence-electron chi connectivity index (χ0n) is 8.96. The summed E-state index contributed by atoms with van der Waals surface area (Å²) in [5.74, 6) is 0.143. The zero-order chi connectivity index (χ0) is 10.7. The molecule has 4 N–H and O–H groups in total. The summed E-state index contributed by atoms with van der Waals surface area (Å²) in [6.07, 6.45) is 0. The van der Waals surface area contributed by atoms with E-state index in [9.17, 15) is 0 Å². The van der Waals surface area contributed by atoms with Crippen LogP contribution in [0.2, 0.25) is 0 Å². The van der Waals surface area contributed by atoms with Gasteiger partial charge in [0.25, 0.3) is 0 Å².